The summed E-state index contributed by atoms with van der Waals surface area (Å²) in [6.07, 6.45) is 4.47. The molecule has 0 radical (unpaired) electrons. The number of rotatable bonds is 8. The molecule has 1 aliphatic carbocycles. The van der Waals surface area contributed by atoms with Crippen LogP contribution in [0.15, 0.2) is 83.6 Å². The lowest BCUT2D eigenvalue weighted by atomic mass is 9.85. The molecule has 2 aromatic carbocycles. The number of benzene rings is 2. The van der Waals surface area contributed by atoms with Crippen LogP contribution in [0.4, 0.5) is 10.5 Å². The number of fused-ring (bicyclic) bond motifs is 1. The summed E-state index contributed by atoms with van der Waals surface area (Å²) < 4.78 is 13.5. The first kappa shape index (κ1) is 36.3. The molecule has 1 aliphatic heterocycles. The van der Waals surface area contributed by atoms with Crippen LogP contribution in [0.25, 0.3) is 0 Å². The topological polar surface area (TPSA) is 157 Å². The summed E-state index contributed by atoms with van der Waals surface area (Å²) in [5.74, 6) is 1.13. The number of ether oxygens (including phenoxy) is 2. The number of amidine groups is 1. The van der Waals surface area contributed by atoms with Crippen LogP contribution in [0, 0.1) is 23.2 Å². The van der Waals surface area contributed by atoms with E-state index in [2.05, 4.69) is 20.5 Å². The number of likely N-dealkylation sites (N-methyl/N-ethyl adjacent to an activating group) is 1. The van der Waals surface area contributed by atoms with E-state index in [-0.39, 0.29) is 35.0 Å². The Balaban J connectivity index is 1.27. The van der Waals surface area contributed by atoms with E-state index in [4.69, 9.17) is 26.0 Å². The van der Waals surface area contributed by atoms with Crippen molar-refractivity contribution < 1.29 is 14.3 Å². The molecule has 266 valence electrons. The molecule has 12 heteroatoms. The molecule has 0 saturated carbocycles. The normalized spacial score (nSPS) is 18.6. The maximum absolute atomic E-state index is 13.4. The molecule has 3 aromatic rings. The van der Waals surface area contributed by atoms with Crippen LogP contribution >= 0.6 is 0 Å². The fourth-order valence-corrected chi connectivity index (χ4v) is 5.85. The van der Waals surface area contributed by atoms with Crippen molar-refractivity contribution in [3.8, 4) is 5.75 Å². The molecular weight excluding hydrogens is 630 g/mol. The van der Waals surface area contributed by atoms with Gasteiger partial charge in [-0.15, -0.1) is 0 Å². The van der Waals surface area contributed by atoms with E-state index in [1.54, 1.807) is 24.4 Å². The SMILES string of the molecule is Cc1ccc(N=C(C=C(N)C(C)(C)C)NC(=O)N[C@H]2CC[C@@H](Oc3ccc(=N)n(C(=N)N(C)CCN4CCOCC4)c3)c3ccccc32)cc1. The quantitative estimate of drug-likeness (QED) is 0.163. The summed E-state index contributed by atoms with van der Waals surface area (Å²) in [6, 6.07) is 18.5. The van der Waals surface area contributed by atoms with Crippen LogP contribution in [0.1, 0.15) is 62.4 Å². The van der Waals surface area contributed by atoms with Gasteiger partial charge in [0.15, 0.2) is 0 Å². The molecular formula is C38H51N9O3. The first-order valence-corrected chi connectivity index (χ1v) is 17.2. The molecule has 2 amide bonds. The first-order chi connectivity index (χ1) is 23.9. The number of urea groups is 1. The Morgan fingerprint density at radius 1 is 1.08 bits per heavy atom. The van der Waals surface area contributed by atoms with Gasteiger partial charge in [0.1, 0.15) is 23.2 Å². The third-order valence-electron chi connectivity index (χ3n) is 9.07. The predicted octanol–water partition coefficient (Wildman–Crippen LogP) is 5.20. The van der Waals surface area contributed by atoms with Gasteiger partial charge >= 0.3 is 6.03 Å². The fraction of sp³-hybridized carbons (Fsp3) is 0.421. The van der Waals surface area contributed by atoms with E-state index in [1.807, 2.05) is 88.2 Å². The van der Waals surface area contributed by atoms with E-state index in [9.17, 15) is 4.79 Å². The van der Waals surface area contributed by atoms with Crippen LogP contribution in [0.3, 0.4) is 0 Å². The van der Waals surface area contributed by atoms with Gasteiger partial charge in [0.2, 0.25) is 5.96 Å². The summed E-state index contributed by atoms with van der Waals surface area (Å²) in [5.41, 5.74) is 10.7. The molecule has 0 spiro atoms. The van der Waals surface area contributed by atoms with Gasteiger partial charge in [0.05, 0.1) is 31.1 Å². The maximum Gasteiger partial charge on any atom is 0.320 e. The highest BCUT2D eigenvalue weighted by Crippen LogP contribution is 2.38. The molecule has 1 fully saturated rings. The molecule has 50 heavy (non-hydrogen) atoms. The number of nitrogens with zero attached hydrogens (tertiary/aromatic N) is 4. The number of aromatic nitrogens is 1. The molecule has 6 N–H and O–H groups in total. The third kappa shape index (κ3) is 9.60. The number of nitrogens with two attached hydrogens (primary N) is 1. The van der Waals surface area contributed by atoms with Crippen molar-refractivity contribution in [2.75, 3.05) is 46.4 Å². The molecule has 0 bridgehead atoms. The molecule has 2 atom stereocenters. The molecule has 1 aromatic heterocycles. The van der Waals surface area contributed by atoms with Crippen molar-refractivity contribution in [1.29, 1.82) is 10.8 Å². The van der Waals surface area contributed by atoms with Crippen molar-refractivity contribution in [1.82, 2.24) is 25.0 Å². The average Bonchev–Trinajstić information content (AvgIpc) is 3.09. The molecule has 2 heterocycles. The second-order valence-corrected chi connectivity index (χ2v) is 14.0. The summed E-state index contributed by atoms with van der Waals surface area (Å²) in [7, 11) is 1.87. The van der Waals surface area contributed by atoms with Crippen molar-refractivity contribution in [2.45, 2.75) is 52.7 Å². The highest BCUT2D eigenvalue weighted by molar-refractivity contribution is 6.05. The Morgan fingerprint density at radius 2 is 1.78 bits per heavy atom. The van der Waals surface area contributed by atoms with Gasteiger partial charge in [0, 0.05) is 50.4 Å². The van der Waals surface area contributed by atoms with Gasteiger partial charge in [0.25, 0.3) is 0 Å². The second kappa shape index (κ2) is 16.2. The zero-order valence-corrected chi connectivity index (χ0v) is 29.8. The minimum Gasteiger partial charge on any atom is -0.484 e. The number of carbonyl (C=O) groups is 1. The number of hydrogen-bond acceptors (Lipinski definition) is 8. The Labute approximate surface area is 295 Å². The number of amides is 2. The van der Waals surface area contributed by atoms with E-state index >= 15 is 0 Å². The number of allylic oxidation sites excluding steroid dienone is 1. The van der Waals surface area contributed by atoms with Crippen molar-refractivity contribution >= 4 is 23.5 Å². The van der Waals surface area contributed by atoms with Crippen LogP contribution in [0.5, 0.6) is 5.75 Å². The Hall–Kier alpha value is -4.94. The van der Waals surface area contributed by atoms with E-state index in [0.29, 0.717) is 42.4 Å². The number of nitrogens with one attached hydrogen (secondary N) is 4. The number of aryl methyl sites for hydroxylation is 1. The summed E-state index contributed by atoms with van der Waals surface area (Å²) in [6.45, 7) is 12.8. The predicted molar refractivity (Wildman–Crippen MR) is 197 cm³/mol. The maximum atomic E-state index is 13.4. The van der Waals surface area contributed by atoms with Gasteiger partial charge in [-0.1, -0.05) is 62.7 Å². The van der Waals surface area contributed by atoms with Crippen molar-refractivity contribution in [3.63, 3.8) is 0 Å². The monoisotopic (exact) mass is 681 g/mol. The summed E-state index contributed by atoms with van der Waals surface area (Å²) in [5, 5.41) is 23.4. The number of pyridine rings is 1. The van der Waals surface area contributed by atoms with Crippen LogP contribution in [-0.4, -0.2) is 78.6 Å². The van der Waals surface area contributed by atoms with Gasteiger partial charge < -0.3 is 25.4 Å². The van der Waals surface area contributed by atoms with Crippen LogP contribution in [-0.2, 0) is 4.74 Å². The highest BCUT2D eigenvalue weighted by Gasteiger charge is 2.30. The number of hydrogen-bond donors (Lipinski definition) is 5. The number of aliphatic imine (C=N–C) groups is 1. The minimum atomic E-state index is -0.378. The van der Waals surface area contributed by atoms with Gasteiger partial charge in [-0.2, -0.15) is 0 Å². The minimum absolute atomic E-state index is 0.198. The Morgan fingerprint density at radius 3 is 2.48 bits per heavy atom. The largest absolute Gasteiger partial charge is 0.484 e. The van der Waals surface area contributed by atoms with E-state index in [0.717, 1.165) is 49.5 Å². The fourth-order valence-electron chi connectivity index (χ4n) is 5.85. The lowest BCUT2D eigenvalue weighted by Gasteiger charge is -2.32. The van der Waals surface area contributed by atoms with Crippen LogP contribution < -0.4 is 26.6 Å². The molecule has 5 rings (SSSR count). The highest BCUT2D eigenvalue weighted by atomic mass is 16.5. The zero-order chi connectivity index (χ0) is 35.8. The third-order valence-corrected chi connectivity index (χ3v) is 9.07. The van der Waals surface area contributed by atoms with E-state index in [1.165, 1.54) is 4.57 Å². The second-order valence-electron chi connectivity index (χ2n) is 14.0. The molecule has 0 unspecified atom stereocenters. The molecule has 1 saturated heterocycles. The lowest BCUT2D eigenvalue weighted by Crippen LogP contribution is -2.44. The molecule has 12 nitrogen and oxygen atoms in total. The zero-order valence-electron chi connectivity index (χ0n) is 29.8. The van der Waals surface area contributed by atoms with E-state index < -0.39 is 0 Å². The summed E-state index contributed by atoms with van der Waals surface area (Å²) >= 11 is 0. The number of carbonyl (C=O) groups excluding carboxylic acids is 1. The van der Waals surface area contributed by atoms with Gasteiger partial charge in [-0.3, -0.25) is 25.6 Å². The summed E-state index contributed by atoms with van der Waals surface area (Å²) in [4.78, 5) is 22.3. The first-order valence-electron chi connectivity index (χ1n) is 17.2. The van der Waals surface area contributed by atoms with Gasteiger partial charge in [-0.05, 0) is 55.2 Å². The smallest absolute Gasteiger partial charge is 0.320 e. The Bertz CT molecular complexity index is 1770. The van der Waals surface area contributed by atoms with Crippen LogP contribution in [0.2, 0.25) is 0 Å². The average molecular weight is 682 g/mol. The number of morpholine rings is 1. The van der Waals surface area contributed by atoms with Crippen molar-refractivity contribution in [3.05, 3.63) is 101 Å². The standard InChI is InChI=1S/C38H51N9O3/c1-26-10-12-27(13-11-26)42-35(24-33(39)38(2,3)4)44-37(48)43-31-15-16-32(30-9-7-6-8-29(30)31)50-28-14-17-34(40)47(25-28)36(41)45(5)18-19-46-20-22-49-23-21-46/h6-14,17,24-25,31-32,40-41H,15-16,18-23,39H2,1-5H3,(H2,42,43,44,48)/t31-,32+/m0/s1. The molecule has 2 aliphatic rings. The lowest BCUT2D eigenvalue weighted by molar-refractivity contribution is 0.0364. The Kier molecular flexibility index (Phi) is 11.8. The van der Waals surface area contributed by atoms with Gasteiger partial charge in [-0.25, -0.2) is 9.79 Å². The van der Waals surface area contributed by atoms with Crippen molar-refractivity contribution in [2.24, 2.45) is 16.1 Å².